The smallest absolute Gasteiger partial charge is 0.226 e. The van der Waals surface area contributed by atoms with Gasteiger partial charge in [0, 0.05) is 17.0 Å². The number of nitrogens with zero attached hydrogens (tertiary/aromatic N) is 1. The van der Waals surface area contributed by atoms with Gasteiger partial charge in [0.05, 0.1) is 17.9 Å². The maximum atomic E-state index is 12.3. The van der Waals surface area contributed by atoms with Gasteiger partial charge in [0.2, 0.25) is 5.91 Å². The molecule has 2 N–H and O–H groups in total. The Hall–Kier alpha value is -1.20. The monoisotopic (exact) mass is 292 g/mol. The van der Waals surface area contributed by atoms with Crippen molar-refractivity contribution in [2.75, 3.05) is 12.3 Å². The molecule has 2 saturated heterocycles. The molecule has 2 fully saturated rings. The molecule has 1 amide bonds. The Labute approximate surface area is 123 Å². The van der Waals surface area contributed by atoms with E-state index in [1.807, 2.05) is 36.1 Å². The minimum absolute atomic E-state index is 0.0937. The zero-order valence-corrected chi connectivity index (χ0v) is 12.7. The van der Waals surface area contributed by atoms with Crippen molar-refractivity contribution in [3.63, 3.8) is 0 Å². The number of benzene rings is 1. The fraction of sp³-hybridized carbons (Fsp3) is 0.533. The van der Waals surface area contributed by atoms with Crippen LogP contribution in [-0.4, -0.2) is 34.4 Å². The Morgan fingerprint density at radius 2 is 2.25 bits per heavy atom. The summed E-state index contributed by atoms with van der Waals surface area (Å²) >= 11 is 1.66. The van der Waals surface area contributed by atoms with E-state index in [4.69, 9.17) is 10.5 Å². The molecule has 0 aromatic heterocycles. The van der Waals surface area contributed by atoms with Gasteiger partial charge in [0.15, 0.2) is 5.72 Å². The van der Waals surface area contributed by atoms with Gasteiger partial charge in [-0.1, -0.05) is 19.1 Å². The van der Waals surface area contributed by atoms with Crippen LogP contribution in [-0.2, 0) is 9.53 Å². The average molecular weight is 292 g/mol. The maximum absolute atomic E-state index is 12.3. The van der Waals surface area contributed by atoms with Gasteiger partial charge in [-0.05, 0) is 25.5 Å². The van der Waals surface area contributed by atoms with E-state index in [2.05, 4.69) is 6.92 Å². The first-order valence-electron chi connectivity index (χ1n) is 7.03. The van der Waals surface area contributed by atoms with Crippen LogP contribution >= 0.6 is 11.8 Å². The normalized spacial score (nSPS) is 32.7. The van der Waals surface area contributed by atoms with Crippen molar-refractivity contribution in [1.29, 1.82) is 0 Å². The number of ether oxygens (including phenoxy) is 1. The third kappa shape index (κ3) is 2.00. The second-order valence-corrected chi connectivity index (χ2v) is 6.78. The highest BCUT2D eigenvalue weighted by molar-refractivity contribution is 8.00. The number of rotatable bonds is 3. The van der Waals surface area contributed by atoms with E-state index in [0.29, 0.717) is 13.0 Å². The zero-order chi connectivity index (χ0) is 14.3. The molecule has 20 heavy (non-hydrogen) atoms. The summed E-state index contributed by atoms with van der Waals surface area (Å²) in [7, 11) is 0. The molecule has 0 aliphatic carbocycles. The Kier molecular flexibility index (Phi) is 3.42. The predicted octanol–water partition coefficient (Wildman–Crippen LogP) is 2.49. The highest BCUT2D eigenvalue weighted by atomic mass is 32.2. The Balaban J connectivity index is 1.86. The molecule has 3 atom stereocenters. The standard InChI is InChI=1S/C15H20N2O2S/c1-3-10-9-19-15(2)13(8-14(18)17(10)15)20-12-7-5-4-6-11(12)16/h4-7,10,13H,3,8-9,16H2,1-2H3/t10-,13+,15+/m1/s1. The molecule has 0 bridgehead atoms. The summed E-state index contributed by atoms with van der Waals surface area (Å²) in [6, 6.07) is 8.00. The first kappa shape index (κ1) is 13.8. The number of fused-ring (bicyclic) bond motifs is 1. The molecule has 1 aromatic rings. The van der Waals surface area contributed by atoms with E-state index in [-0.39, 0.29) is 17.2 Å². The zero-order valence-electron chi connectivity index (χ0n) is 11.8. The maximum Gasteiger partial charge on any atom is 0.226 e. The molecule has 0 radical (unpaired) electrons. The summed E-state index contributed by atoms with van der Waals surface area (Å²) in [5.41, 5.74) is 6.27. The van der Waals surface area contributed by atoms with Crippen molar-refractivity contribution >= 4 is 23.4 Å². The lowest BCUT2D eigenvalue weighted by molar-refractivity contribution is -0.136. The van der Waals surface area contributed by atoms with Crippen molar-refractivity contribution in [2.24, 2.45) is 0 Å². The van der Waals surface area contributed by atoms with Crippen LogP contribution in [0.1, 0.15) is 26.7 Å². The summed E-state index contributed by atoms with van der Waals surface area (Å²) in [5.74, 6) is 0.198. The van der Waals surface area contributed by atoms with Crippen molar-refractivity contribution in [3.8, 4) is 0 Å². The lowest BCUT2D eigenvalue weighted by Gasteiger charge is -2.33. The predicted molar refractivity (Wildman–Crippen MR) is 80.4 cm³/mol. The van der Waals surface area contributed by atoms with Gasteiger partial charge in [-0.25, -0.2) is 0 Å². The summed E-state index contributed by atoms with van der Waals surface area (Å²) in [6.07, 6.45) is 1.46. The summed E-state index contributed by atoms with van der Waals surface area (Å²) in [6.45, 7) is 4.77. The van der Waals surface area contributed by atoms with Crippen LogP contribution in [0.3, 0.4) is 0 Å². The van der Waals surface area contributed by atoms with Gasteiger partial charge >= 0.3 is 0 Å². The van der Waals surface area contributed by atoms with Gasteiger partial charge < -0.3 is 15.4 Å². The van der Waals surface area contributed by atoms with Gasteiger partial charge in [-0.2, -0.15) is 0 Å². The van der Waals surface area contributed by atoms with E-state index < -0.39 is 5.72 Å². The van der Waals surface area contributed by atoms with Crippen molar-refractivity contribution in [1.82, 2.24) is 4.90 Å². The number of hydrogen-bond donors (Lipinski definition) is 1. The lowest BCUT2D eigenvalue weighted by Crippen LogP contribution is -2.46. The molecule has 0 unspecified atom stereocenters. The first-order valence-corrected chi connectivity index (χ1v) is 7.91. The van der Waals surface area contributed by atoms with Gasteiger partial charge in [-0.15, -0.1) is 11.8 Å². The second kappa shape index (κ2) is 4.97. The SMILES string of the molecule is CC[C@@H]1CO[C@@]2(C)[C@@H](Sc3ccccc3N)CC(=O)N12. The fourth-order valence-electron chi connectivity index (χ4n) is 3.11. The Bertz CT molecular complexity index is 536. The highest BCUT2D eigenvalue weighted by Gasteiger charge is 2.57. The van der Waals surface area contributed by atoms with E-state index in [9.17, 15) is 4.79 Å². The number of para-hydroxylation sites is 1. The van der Waals surface area contributed by atoms with Crippen LogP contribution in [0.4, 0.5) is 5.69 Å². The molecule has 2 aliphatic heterocycles. The number of hydrogen-bond acceptors (Lipinski definition) is 4. The summed E-state index contributed by atoms with van der Waals surface area (Å²) < 4.78 is 6.01. The van der Waals surface area contributed by atoms with Crippen LogP contribution in [0.2, 0.25) is 0 Å². The molecule has 3 rings (SSSR count). The van der Waals surface area contributed by atoms with Gasteiger partial charge in [0.25, 0.3) is 0 Å². The van der Waals surface area contributed by atoms with E-state index in [1.165, 1.54) is 0 Å². The summed E-state index contributed by atoms with van der Waals surface area (Å²) in [4.78, 5) is 15.3. The second-order valence-electron chi connectivity index (χ2n) is 5.54. The summed E-state index contributed by atoms with van der Waals surface area (Å²) in [5, 5.41) is 0.0937. The number of thioether (sulfide) groups is 1. The van der Waals surface area contributed by atoms with Crippen LogP contribution < -0.4 is 5.73 Å². The molecule has 2 aliphatic rings. The Morgan fingerprint density at radius 3 is 2.95 bits per heavy atom. The molecule has 1 aromatic carbocycles. The average Bonchev–Trinajstić information content (AvgIpc) is 2.89. The number of carbonyl (C=O) groups excluding carboxylic acids is 1. The molecule has 4 nitrogen and oxygen atoms in total. The van der Waals surface area contributed by atoms with Crippen molar-refractivity contribution in [2.45, 2.75) is 48.6 Å². The molecule has 0 spiro atoms. The fourth-order valence-corrected chi connectivity index (χ4v) is 4.40. The van der Waals surface area contributed by atoms with E-state index in [0.717, 1.165) is 17.0 Å². The molecule has 2 heterocycles. The van der Waals surface area contributed by atoms with Crippen LogP contribution in [0.5, 0.6) is 0 Å². The van der Waals surface area contributed by atoms with Crippen LogP contribution in [0, 0.1) is 0 Å². The quantitative estimate of drug-likeness (QED) is 0.870. The number of nitrogens with two attached hydrogens (primary N) is 1. The van der Waals surface area contributed by atoms with E-state index in [1.54, 1.807) is 11.8 Å². The third-order valence-corrected chi connectivity index (χ3v) is 5.81. The van der Waals surface area contributed by atoms with Crippen LogP contribution in [0.25, 0.3) is 0 Å². The van der Waals surface area contributed by atoms with E-state index >= 15 is 0 Å². The lowest BCUT2D eigenvalue weighted by atomic mass is 10.1. The van der Waals surface area contributed by atoms with Gasteiger partial charge in [0.1, 0.15) is 0 Å². The minimum Gasteiger partial charge on any atom is -0.398 e. The third-order valence-electron chi connectivity index (χ3n) is 4.30. The Morgan fingerprint density at radius 1 is 1.50 bits per heavy atom. The molecular weight excluding hydrogens is 272 g/mol. The number of amides is 1. The molecular formula is C15H20N2O2S. The van der Waals surface area contributed by atoms with Gasteiger partial charge in [-0.3, -0.25) is 4.79 Å². The highest BCUT2D eigenvalue weighted by Crippen LogP contribution is 2.47. The molecule has 0 saturated carbocycles. The van der Waals surface area contributed by atoms with Crippen molar-refractivity contribution in [3.05, 3.63) is 24.3 Å². The molecule has 5 heteroatoms. The van der Waals surface area contributed by atoms with Crippen LogP contribution in [0.15, 0.2) is 29.2 Å². The first-order chi connectivity index (χ1) is 9.56. The minimum atomic E-state index is -0.495. The number of nitrogen functional groups attached to an aromatic ring is 1. The largest absolute Gasteiger partial charge is 0.398 e. The van der Waals surface area contributed by atoms with Crippen molar-refractivity contribution < 1.29 is 9.53 Å². The number of anilines is 1. The number of carbonyl (C=O) groups is 1. The molecule has 108 valence electrons. The topological polar surface area (TPSA) is 55.6 Å².